The summed E-state index contributed by atoms with van der Waals surface area (Å²) in [4.78, 5) is 0.134. The molecule has 1 aromatic carbocycles. The number of nitrogens with zero attached hydrogens (tertiary/aromatic N) is 3. The standard InChI is InChI=1S/C11H11BrFN3/c1-7-3-4-9(13)5-11(7)16-6-10(8(2)12)14-15-16/h3-6,8H,1-2H3. The van der Waals surface area contributed by atoms with Crippen LogP contribution in [0.4, 0.5) is 4.39 Å². The third-order valence-corrected chi connectivity index (χ3v) is 2.81. The lowest BCUT2D eigenvalue weighted by atomic mass is 10.2. The van der Waals surface area contributed by atoms with E-state index in [1.807, 2.05) is 13.8 Å². The molecule has 0 aliphatic rings. The highest BCUT2D eigenvalue weighted by atomic mass is 79.9. The molecule has 0 fully saturated rings. The van der Waals surface area contributed by atoms with Gasteiger partial charge in [-0.3, -0.25) is 0 Å². The number of rotatable bonds is 2. The Hall–Kier alpha value is -1.23. The Morgan fingerprint density at radius 2 is 2.19 bits per heavy atom. The first-order valence-corrected chi connectivity index (χ1v) is 5.82. The highest BCUT2D eigenvalue weighted by Gasteiger charge is 2.09. The van der Waals surface area contributed by atoms with Gasteiger partial charge in [0.15, 0.2) is 0 Å². The Morgan fingerprint density at radius 3 is 2.81 bits per heavy atom. The van der Waals surface area contributed by atoms with Crippen molar-refractivity contribution in [1.82, 2.24) is 15.0 Å². The van der Waals surface area contributed by atoms with Gasteiger partial charge in [0, 0.05) is 0 Å². The van der Waals surface area contributed by atoms with Crippen LogP contribution in [0.25, 0.3) is 5.69 Å². The molecule has 16 heavy (non-hydrogen) atoms. The van der Waals surface area contributed by atoms with Crippen LogP contribution < -0.4 is 0 Å². The Balaban J connectivity index is 2.46. The maximum absolute atomic E-state index is 13.1. The zero-order valence-electron chi connectivity index (χ0n) is 8.98. The molecule has 0 aliphatic carbocycles. The normalized spacial score (nSPS) is 12.8. The first kappa shape index (κ1) is 11.3. The minimum atomic E-state index is -0.274. The highest BCUT2D eigenvalue weighted by Crippen LogP contribution is 2.21. The fraction of sp³-hybridized carbons (Fsp3) is 0.273. The zero-order valence-corrected chi connectivity index (χ0v) is 10.6. The van der Waals surface area contributed by atoms with E-state index in [4.69, 9.17) is 0 Å². The van der Waals surface area contributed by atoms with Gasteiger partial charge in [-0.15, -0.1) is 5.10 Å². The van der Waals surface area contributed by atoms with Crippen molar-refractivity contribution in [2.45, 2.75) is 18.7 Å². The van der Waals surface area contributed by atoms with E-state index in [0.717, 1.165) is 11.3 Å². The van der Waals surface area contributed by atoms with Gasteiger partial charge >= 0.3 is 0 Å². The average Bonchev–Trinajstić information content (AvgIpc) is 2.70. The molecule has 2 rings (SSSR count). The molecule has 0 saturated heterocycles. The van der Waals surface area contributed by atoms with E-state index in [9.17, 15) is 4.39 Å². The molecule has 0 N–H and O–H groups in total. The van der Waals surface area contributed by atoms with Crippen molar-refractivity contribution in [2.75, 3.05) is 0 Å². The van der Waals surface area contributed by atoms with Crippen molar-refractivity contribution in [3.05, 3.63) is 41.5 Å². The number of hydrogen-bond donors (Lipinski definition) is 0. The van der Waals surface area contributed by atoms with Crippen molar-refractivity contribution in [1.29, 1.82) is 0 Å². The third-order valence-electron chi connectivity index (χ3n) is 2.34. The van der Waals surface area contributed by atoms with E-state index < -0.39 is 0 Å². The molecular formula is C11H11BrFN3. The smallest absolute Gasteiger partial charge is 0.125 e. The lowest BCUT2D eigenvalue weighted by Crippen LogP contribution is -1.98. The van der Waals surface area contributed by atoms with Crippen LogP contribution in [0.2, 0.25) is 0 Å². The van der Waals surface area contributed by atoms with Gasteiger partial charge < -0.3 is 0 Å². The van der Waals surface area contributed by atoms with Crippen LogP contribution in [0.5, 0.6) is 0 Å². The molecule has 1 unspecified atom stereocenters. The summed E-state index contributed by atoms with van der Waals surface area (Å²) in [5.41, 5.74) is 2.50. The second-order valence-corrected chi connectivity index (χ2v) is 5.01. The Bertz CT molecular complexity index is 508. The summed E-state index contributed by atoms with van der Waals surface area (Å²) >= 11 is 3.41. The van der Waals surface area contributed by atoms with E-state index in [1.165, 1.54) is 12.1 Å². The Labute approximate surface area is 101 Å². The van der Waals surface area contributed by atoms with Gasteiger partial charge in [-0.2, -0.15) is 0 Å². The number of alkyl halides is 1. The summed E-state index contributed by atoms with van der Waals surface area (Å²) in [6, 6.07) is 4.61. The van der Waals surface area contributed by atoms with Crippen molar-refractivity contribution in [3.63, 3.8) is 0 Å². The van der Waals surface area contributed by atoms with E-state index in [-0.39, 0.29) is 10.6 Å². The minimum absolute atomic E-state index is 0.134. The molecule has 5 heteroatoms. The zero-order chi connectivity index (χ0) is 11.7. The first-order chi connectivity index (χ1) is 7.58. The van der Waals surface area contributed by atoms with E-state index in [2.05, 4.69) is 26.2 Å². The molecule has 0 bridgehead atoms. The van der Waals surface area contributed by atoms with Crippen LogP contribution in [0.3, 0.4) is 0 Å². The molecule has 3 nitrogen and oxygen atoms in total. The number of benzene rings is 1. The lowest BCUT2D eigenvalue weighted by Gasteiger charge is -2.04. The quantitative estimate of drug-likeness (QED) is 0.793. The molecule has 0 amide bonds. The van der Waals surface area contributed by atoms with E-state index >= 15 is 0 Å². The molecule has 2 aromatic rings. The number of halogens is 2. The molecule has 1 heterocycles. The Morgan fingerprint density at radius 1 is 1.44 bits per heavy atom. The SMILES string of the molecule is Cc1ccc(F)cc1-n1cc(C(C)Br)nn1. The monoisotopic (exact) mass is 283 g/mol. The second kappa shape index (κ2) is 4.33. The third kappa shape index (κ3) is 2.14. The van der Waals surface area contributed by atoms with Crippen molar-refractivity contribution >= 4 is 15.9 Å². The molecule has 0 saturated carbocycles. The van der Waals surface area contributed by atoms with Crippen LogP contribution >= 0.6 is 15.9 Å². The maximum atomic E-state index is 13.1. The Kier molecular flexibility index (Phi) is 3.05. The maximum Gasteiger partial charge on any atom is 0.125 e. The van der Waals surface area contributed by atoms with Gasteiger partial charge in [-0.1, -0.05) is 27.2 Å². The molecule has 1 atom stereocenters. The fourth-order valence-electron chi connectivity index (χ4n) is 1.41. The van der Waals surface area contributed by atoms with Gasteiger partial charge in [0.25, 0.3) is 0 Å². The predicted molar refractivity (Wildman–Crippen MR) is 63.4 cm³/mol. The lowest BCUT2D eigenvalue weighted by molar-refractivity contribution is 0.624. The number of aromatic nitrogens is 3. The summed E-state index contributed by atoms with van der Waals surface area (Å²) in [6.45, 7) is 3.88. The average molecular weight is 284 g/mol. The fourth-order valence-corrected chi connectivity index (χ4v) is 1.62. The van der Waals surface area contributed by atoms with Gasteiger partial charge in [-0.25, -0.2) is 9.07 Å². The van der Waals surface area contributed by atoms with Gasteiger partial charge in [0.05, 0.1) is 22.4 Å². The topological polar surface area (TPSA) is 30.7 Å². The van der Waals surface area contributed by atoms with Gasteiger partial charge in [-0.05, 0) is 31.5 Å². The number of hydrogen-bond acceptors (Lipinski definition) is 2. The number of aryl methyl sites for hydroxylation is 1. The summed E-state index contributed by atoms with van der Waals surface area (Å²) < 4.78 is 14.7. The molecule has 0 aliphatic heterocycles. The van der Waals surface area contributed by atoms with Crippen LogP contribution in [0.15, 0.2) is 24.4 Å². The van der Waals surface area contributed by atoms with E-state index in [0.29, 0.717) is 5.69 Å². The largest absolute Gasteiger partial charge is 0.220 e. The van der Waals surface area contributed by atoms with Gasteiger partial charge in [0.2, 0.25) is 0 Å². The van der Waals surface area contributed by atoms with E-state index in [1.54, 1.807) is 16.9 Å². The summed E-state index contributed by atoms with van der Waals surface area (Å²) in [6.07, 6.45) is 1.79. The van der Waals surface area contributed by atoms with Gasteiger partial charge in [0.1, 0.15) is 5.82 Å². The van der Waals surface area contributed by atoms with Crippen LogP contribution in [-0.4, -0.2) is 15.0 Å². The van der Waals surface area contributed by atoms with Crippen LogP contribution in [0.1, 0.15) is 23.0 Å². The summed E-state index contributed by atoms with van der Waals surface area (Å²) in [7, 11) is 0. The molecule has 0 radical (unpaired) electrons. The van der Waals surface area contributed by atoms with Crippen molar-refractivity contribution < 1.29 is 4.39 Å². The molecule has 84 valence electrons. The summed E-state index contributed by atoms with van der Waals surface area (Å²) in [5.74, 6) is -0.274. The summed E-state index contributed by atoms with van der Waals surface area (Å²) in [5, 5.41) is 7.99. The molecule has 1 aromatic heterocycles. The first-order valence-electron chi connectivity index (χ1n) is 4.91. The highest BCUT2D eigenvalue weighted by molar-refractivity contribution is 9.09. The van der Waals surface area contributed by atoms with Crippen molar-refractivity contribution in [2.24, 2.45) is 0 Å². The van der Waals surface area contributed by atoms with Crippen molar-refractivity contribution in [3.8, 4) is 5.69 Å². The van der Waals surface area contributed by atoms with Crippen LogP contribution in [-0.2, 0) is 0 Å². The second-order valence-electron chi connectivity index (χ2n) is 3.63. The molecule has 0 spiro atoms. The van der Waals surface area contributed by atoms with Crippen LogP contribution in [0, 0.1) is 12.7 Å². The predicted octanol–water partition coefficient (Wildman–Crippen LogP) is 3.17. The molecular weight excluding hydrogens is 273 g/mol. The minimum Gasteiger partial charge on any atom is -0.220 e.